The SMILES string of the molecule is C=CCOC(=O)C1=C(C)N=C2SC=C(CC(=O)N3CCCC3)N2C1c1ccc([N+](=O)[O-])cc1. The first-order chi connectivity index (χ1) is 15.9. The number of nitro benzene ring substituents is 1. The van der Waals surface area contributed by atoms with Crippen molar-refractivity contribution in [3.05, 3.63) is 75.0 Å². The predicted molar refractivity (Wildman–Crippen MR) is 125 cm³/mol. The number of likely N-dealkylation sites (tertiary alicyclic amines) is 1. The highest BCUT2D eigenvalue weighted by Gasteiger charge is 2.41. The van der Waals surface area contributed by atoms with Gasteiger partial charge in [0.15, 0.2) is 5.17 Å². The fourth-order valence-corrected chi connectivity index (χ4v) is 5.13. The number of nitro groups is 1. The Bertz CT molecular complexity index is 1090. The van der Waals surface area contributed by atoms with Crippen LogP contribution in [0.15, 0.2) is 64.3 Å². The third-order valence-corrected chi connectivity index (χ3v) is 6.65. The van der Waals surface area contributed by atoms with Gasteiger partial charge in [0.25, 0.3) is 5.69 Å². The summed E-state index contributed by atoms with van der Waals surface area (Å²) >= 11 is 1.39. The minimum atomic E-state index is -0.622. The molecule has 1 fully saturated rings. The Kier molecular flexibility index (Phi) is 6.64. The van der Waals surface area contributed by atoms with Gasteiger partial charge in [0.05, 0.1) is 28.7 Å². The summed E-state index contributed by atoms with van der Waals surface area (Å²) in [6, 6.07) is 5.45. The Morgan fingerprint density at radius 2 is 2.00 bits per heavy atom. The van der Waals surface area contributed by atoms with Crippen LogP contribution in [-0.4, -0.2) is 51.5 Å². The van der Waals surface area contributed by atoms with Crippen LogP contribution in [0.4, 0.5) is 5.69 Å². The van der Waals surface area contributed by atoms with E-state index < -0.39 is 16.9 Å². The number of benzene rings is 1. The largest absolute Gasteiger partial charge is 0.458 e. The highest BCUT2D eigenvalue weighted by Crippen LogP contribution is 2.45. The molecule has 1 amide bonds. The lowest BCUT2D eigenvalue weighted by molar-refractivity contribution is -0.384. The Morgan fingerprint density at radius 3 is 2.64 bits per heavy atom. The molecule has 3 heterocycles. The number of thioether (sulfide) groups is 1. The first kappa shape index (κ1) is 22.8. The molecule has 0 spiro atoms. The zero-order valence-electron chi connectivity index (χ0n) is 18.2. The third-order valence-electron chi connectivity index (χ3n) is 5.76. The van der Waals surface area contributed by atoms with E-state index in [1.807, 2.05) is 15.2 Å². The van der Waals surface area contributed by atoms with E-state index in [1.165, 1.54) is 30.0 Å². The average molecular weight is 469 g/mol. The second-order valence-electron chi connectivity index (χ2n) is 7.89. The first-order valence-electron chi connectivity index (χ1n) is 10.6. The molecule has 0 aliphatic carbocycles. The number of ether oxygens (including phenoxy) is 1. The van der Waals surface area contributed by atoms with E-state index in [1.54, 1.807) is 19.1 Å². The van der Waals surface area contributed by atoms with E-state index >= 15 is 0 Å². The summed E-state index contributed by atoms with van der Waals surface area (Å²) in [7, 11) is 0. The van der Waals surface area contributed by atoms with Gasteiger partial charge in [-0.3, -0.25) is 14.9 Å². The Hall–Kier alpha value is -3.40. The number of aliphatic imine (C=N–C) groups is 1. The lowest BCUT2D eigenvalue weighted by Gasteiger charge is -2.36. The van der Waals surface area contributed by atoms with Crippen LogP contribution in [-0.2, 0) is 14.3 Å². The van der Waals surface area contributed by atoms with Gasteiger partial charge in [-0.05, 0) is 42.9 Å². The summed E-state index contributed by atoms with van der Waals surface area (Å²) in [5, 5.41) is 13.7. The minimum absolute atomic E-state index is 0.0325. The number of carbonyl (C=O) groups excluding carboxylic acids is 2. The van der Waals surface area contributed by atoms with Gasteiger partial charge in [0, 0.05) is 30.9 Å². The molecule has 0 bridgehead atoms. The molecule has 0 N–H and O–H groups in total. The average Bonchev–Trinajstić information content (AvgIpc) is 3.47. The number of carbonyl (C=O) groups is 2. The quantitative estimate of drug-likeness (QED) is 0.258. The first-order valence-corrected chi connectivity index (χ1v) is 11.5. The molecule has 1 aromatic rings. The van der Waals surface area contributed by atoms with Crippen LogP contribution in [0.25, 0.3) is 0 Å². The normalized spacial score (nSPS) is 19.7. The van der Waals surface area contributed by atoms with Gasteiger partial charge >= 0.3 is 5.97 Å². The van der Waals surface area contributed by atoms with E-state index in [4.69, 9.17) is 4.74 Å². The summed E-state index contributed by atoms with van der Waals surface area (Å²) in [5.74, 6) is -0.509. The zero-order chi connectivity index (χ0) is 23.5. The van der Waals surface area contributed by atoms with Gasteiger partial charge in [0.1, 0.15) is 6.61 Å². The van der Waals surface area contributed by atoms with Crippen molar-refractivity contribution in [3.8, 4) is 0 Å². The molecular weight excluding hydrogens is 444 g/mol. The number of fused-ring (bicyclic) bond motifs is 1. The molecule has 33 heavy (non-hydrogen) atoms. The van der Waals surface area contributed by atoms with Gasteiger partial charge in [-0.25, -0.2) is 9.79 Å². The van der Waals surface area contributed by atoms with Crippen molar-refractivity contribution in [2.24, 2.45) is 4.99 Å². The molecule has 9 nitrogen and oxygen atoms in total. The van der Waals surface area contributed by atoms with Crippen LogP contribution in [0.5, 0.6) is 0 Å². The Labute approximate surface area is 195 Å². The van der Waals surface area contributed by atoms with Crippen LogP contribution in [0.3, 0.4) is 0 Å². The topological polar surface area (TPSA) is 105 Å². The molecule has 0 radical (unpaired) electrons. The van der Waals surface area contributed by atoms with Crippen LogP contribution in [0.1, 0.15) is 37.8 Å². The summed E-state index contributed by atoms with van der Waals surface area (Å²) < 4.78 is 5.34. The van der Waals surface area contributed by atoms with Crippen molar-refractivity contribution >= 4 is 34.5 Å². The van der Waals surface area contributed by atoms with Crippen molar-refractivity contribution in [1.82, 2.24) is 9.80 Å². The molecule has 3 aliphatic rings. The van der Waals surface area contributed by atoms with Crippen LogP contribution >= 0.6 is 11.8 Å². The number of amidine groups is 1. The number of esters is 1. The summed E-state index contributed by atoms with van der Waals surface area (Å²) in [5.41, 5.74) is 2.19. The number of rotatable bonds is 7. The molecule has 3 aliphatic heterocycles. The minimum Gasteiger partial charge on any atom is -0.458 e. The molecule has 10 heteroatoms. The van der Waals surface area contributed by atoms with Crippen molar-refractivity contribution in [2.75, 3.05) is 19.7 Å². The molecule has 0 saturated carbocycles. The highest BCUT2D eigenvalue weighted by molar-refractivity contribution is 8.16. The van der Waals surface area contributed by atoms with E-state index in [-0.39, 0.29) is 24.6 Å². The maximum atomic E-state index is 13.0. The summed E-state index contributed by atoms with van der Waals surface area (Å²) in [6.07, 6.45) is 3.67. The molecule has 1 atom stereocenters. The van der Waals surface area contributed by atoms with E-state index in [0.29, 0.717) is 22.0 Å². The summed E-state index contributed by atoms with van der Waals surface area (Å²) in [4.78, 5) is 44.9. The fraction of sp³-hybridized carbons (Fsp3) is 0.348. The molecule has 4 rings (SSSR count). The smallest absolute Gasteiger partial charge is 0.338 e. The monoisotopic (exact) mass is 468 g/mol. The van der Waals surface area contributed by atoms with Gasteiger partial charge < -0.3 is 14.5 Å². The van der Waals surface area contributed by atoms with Gasteiger partial charge in [-0.15, -0.1) is 0 Å². The Morgan fingerprint density at radius 1 is 1.30 bits per heavy atom. The number of non-ortho nitro benzene ring substituents is 1. The predicted octanol–water partition coefficient (Wildman–Crippen LogP) is 3.91. The van der Waals surface area contributed by atoms with Gasteiger partial charge in [-0.2, -0.15) is 0 Å². The zero-order valence-corrected chi connectivity index (χ0v) is 19.0. The molecule has 0 aromatic heterocycles. The molecule has 1 unspecified atom stereocenters. The number of allylic oxidation sites excluding steroid dienone is 1. The fourth-order valence-electron chi connectivity index (χ4n) is 4.17. The maximum absolute atomic E-state index is 13.0. The van der Waals surface area contributed by atoms with Crippen LogP contribution in [0, 0.1) is 10.1 Å². The van der Waals surface area contributed by atoms with Crippen molar-refractivity contribution < 1.29 is 19.2 Å². The standard InChI is InChI=1S/C23H24N4O5S/c1-3-12-32-22(29)20-15(2)24-23-26(21(20)16-6-8-17(9-7-16)27(30)31)18(14-33-23)13-19(28)25-10-4-5-11-25/h3,6-9,14,21H,1,4-5,10-13H2,2H3. The molecule has 172 valence electrons. The number of hydrogen-bond acceptors (Lipinski definition) is 8. The maximum Gasteiger partial charge on any atom is 0.338 e. The third kappa shape index (κ3) is 4.56. The molecular formula is C23H24N4O5S. The van der Waals surface area contributed by atoms with Crippen molar-refractivity contribution in [1.29, 1.82) is 0 Å². The number of amides is 1. The summed E-state index contributed by atoms with van der Waals surface area (Å²) in [6.45, 7) is 6.88. The lowest BCUT2D eigenvalue weighted by atomic mass is 9.93. The molecule has 1 saturated heterocycles. The number of nitrogens with zero attached hydrogens (tertiary/aromatic N) is 4. The van der Waals surface area contributed by atoms with Crippen LogP contribution in [0.2, 0.25) is 0 Å². The molecule has 1 aromatic carbocycles. The van der Waals surface area contributed by atoms with Crippen molar-refractivity contribution in [2.45, 2.75) is 32.2 Å². The van der Waals surface area contributed by atoms with E-state index in [0.717, 1.165) is 31.6 Å². The highest BCUT2D eigenvalue weighted by atomic mass is 32.2. The van der Waals surface area contributed by atoms with Gasteiger partial charge in [-0.1, -0.05) is 24.4 Å². The van der Waals surface area contributed by atoms with Crippen molar-refractivity contribution in [3.63, 3.8) is 0 Å². The Balaban J connectivity index is 1.71. The lowest BCUT2D eigenvalue weighted by Crippen LogP contribution is -2.38. The number of hydrogen-bond donors (Lipinski definition) is 0. The van der Waals surface area contributed by atoms with E-state index in [9.17, 15) is 19.7 Å². The van der Waals surface area contributed by atoms with E-state index in [2.05, 4.69) is 11.6 Å². The second kappa shape index (κ2) is 9.62. The second-order valence-corrected chi connectivity index (χ2v) is 8.73. The van der Waals surface area contributed by atoms with Crippen LogP contribution < -0.4 is 0 Å². The van der Waals surface area contributed by atoms with Gasteiger partial charge in [0.2, 0.25) is 5.91 Å².